The van der Waals surface area contributed by atoms with E-state index in [1.807, 2.05) is 18.2 Å². The van der Waals surface area contributed by atoms with Gasteiger partial charge in [0.1, 0.15) is 5.75 Å². The molecular weight excluding hydrogens is 382 g/mol. The van der Waals surface area contributed by atoms with Crippen LogP contribution in [0.1, 0.15) is 42.5 Å². The Morgan fingerprint density at radius 3 is 2.68 bits per heavy atom. The van der Waals surface area contributed by atoms with Gasteiger partial charge in [-0.05, 0) is 67.5 Å². The summed E-state index contributed by atoms with van der Waals surface area (Å²) in [6.45, 7) is 5.98. The first-order valence-electron chi connectivity index (χ1n) is 11.4. The van der Waals surface area contributed by atoms with Crippen LogP contribution >= 0.6 is 0 Å². The number of hydrogen-bond acceptors (Lipinski definition) is 4. The zero-order valence-corrected chi connectivity index (χ0v) is 18.3. The standard InChI is InChI=1S/C27H31N3O/c1-3-25-24-5-4-6-26-27(24)20(18-29-25)15-16-30(26)22-11-9-21(10-12-22)28-17-19-7-13-23(31-2)14-8-19/h3-8,13-14,18,21-22,28H,1,9-12,15-17H2,2H3. The van der Waals surface area contributed by atoms with Crippen molar-refractivity contribution in [1.82, 2.24) is 10.3 Å². The maximum Gasteiger partial charge on any atom is 0.118 e. The van der Waals surface area contributed by atoms with Crippen molar-refractivity contribution in [3.05, 3.63) is 72.1 Å². The molecule has 0 radical (unpaired) electrons. The molecule has 1 N–H and O–H groups in total. The zero-order valence-electron chi connectivity index (χ0n) is 18.3. The van der Waals surface area contributed by atoms with Crippen molar-refractivity contribution in [3.8, 4) is 5.75 Å². The Labute approximate surface area is 184 Å². The molecule has 1 aliphatic heterocycles. The average Bonchev–Trinajstić information content (AvgIpc) is 2.84. The van der Waals surface area contributed by atoms with Crippen LogP contribution in [0, 0.1) is 0 Å². The molecule has 0 amide bonds. The number of nitrogens with one attached hydrogen (secondary N) is 1. The Hall–Kier alpha value is -2.85. The number of aromatic nitrogens is 1. The second-order valence-electron chi connectivity index (χ2n) is 8.75. The number of nitrogens with zero attached hydrogens (tertiary/aromatic N) is 2. The minimum absolute atomic E-state index is 0.600. The molecule has 160 valence electrons. The van der Waals surface area contributed by atoms with E-state index in [0.29, 0.717) is 12.1 Å². The fourth-order valence-electron chi connectivity index (χ4n) is 5.30. The van der Waals surface area contributed by atoms with Crippen molar-refractivity contribution in [1.29, 1.82) is 0 Å². The normalized spacial score (nSPS) is 20.6. The van der Waals surface area contributed by atoms with Crippen LogP contribution in [0.5, 0.6) is 5.75 Å². The van der Waals surface area contributed by atoms with Gasteiger partial charge in [-0.25, -0.2) is 0 Å². The molecule has 4 nitrogen and oxygen atoms in total. The number of methoxy groups -OCH3 is 1. The summed E-state index contributed by atoms with van der Waals surface area (Å²) in [5, 5.41) is 6.40. The molecule has 1 fully saturated rings. The molecule has 0 atom stereocenters. The van der Waals surface area contributed by atoms with Gasteiger partial charge in [-0.2, -0.15) is 0 Å². The Morgan fingerprint density at radius 1 is 1.13 bits per heavy atom. The van der Waals surface area contributed by atoms with Gasteiger partial charge in [-0.3, -0.25) is 4.98 Å². The van der Waals surface area contributed by atoms with E-state index in [2.05, 4.69) is 58.3 Å². The lowest BCUT2D eigenvalue weighted by Crippen LogP contribution is -2.44. The van der Waals surface area contributed by atoms with Gasteiger partial charge in [-0.15, -0.1) is 0 Å². The number of rotatable bonds is 6. The molecule has 0 spiro atoms. The highest BCUT2D eigenvalue weighted by Gasteiger charge is 2.29. The predicted molar refractivity (Wildman–Crippen MR) is 129 cm³/mol. The van der Waals surface area contributed by atoms with E-state index in [0.717, 1.165) is 31.0 Å². The van der Waals surface area contributed by atoms with Crippen molar-refractivity contribution in [2.75, 3.05) is 18.6 Å². The van der Waals surface area contributed by atoms with E-state index in [9.17, 15) is 0 Å². The van der Waals surface area contributed by atoms with Gasteiger partial charge in [0, 0.05) is 47.8 Å². The van der Waals surface area contributed by atoms with Crippen LogP contribution in [0.3, 0.4) is 0 Å². The molecule has 4 heteroatoms. The highest BCUT2D eigenvalue weighted by atomic mass is 16.5. The lowest BCUT2D eigenvalue weighted by Gasteiger charge is -2.41. The van der Waals surface area contributed by atoms with Gasteiger partial charge in [0.15, 0.2) is 0 Å². The quantitative estimate of drug-likeness (QED) is 0.591. The first-order valence-corrected chi connectivity index (χ1v) is 11.4. The van der Waals surface area contributed by atoms with Crippen LogP contribution in [-0.4, -0.2) is 30.7 Å². The van der Waals surface area contributed by atoms with E-state index >= 15 is 0 Å². The molecule has 2 aliphatic rings. The fourth-order valence-corrected chi connectivity index (χ4v) is 5.30. The number of hydrogen-bond donors (Lipinski definition) is 1. The van der Waals surface area contributed by atoms with Crippen LogP contribution in [0.25, 0.3) is 16.8 Å². The molecule has 1 aliphatic carbocycles. The van der Waals surface area contributed by atoms with Crippen LogP contribution < -0.4 is 15.0 Å². The van der Waals surface area contributed by atoms with E-state index < -0.39 is 0 Å². The largest absolute Gasteiger partial charge is 0.497 e. The molecule has 2 aromatic carbocycles. The van der Waals surface area contributed by atoms with Gasteiger partial charge in [0.2, 0.25) is 0 Å². The molecule has 3 aromatic rings. The van der Waals surface area contributed by atoms with Crippen molar-refractivity contribution in [3.63, 3.8) is 0 Å². The third kappa shape index (κ3) is 3.92. The Bertz CT molecular complexity index is 1070. The predicted octanol–water partition coefficient (Wildman–Crippen LogP) is 5.35. The molecule has 5 rings (SSSR count). The molecular formula is C27H31N3O. The Kier molecular flexibility index (Phi) is 5.65. The number of anilines is 1. The highest BCUT2D eigenvalue weighted by molar-refractivity contribution is 6.01. The molecule has 0 saturated heterocycles. The summed E-state index contributed by atoms with van der Waals surface area (Å²) < 4.78 is 5.26. The summed E-state index contributed by atoms with van der Waals surface area (Å²) in [5.74, 6) is 0.915. The summed E-state index contributed by atoms with van der Waals surface area (Å²) in [5.41, 5.74) is 5.07. The van der Waals surface area contributed by atoms with Crippen LogP contribution in [-0.2, 0) is 13.0 Å². The van der Waals surface area contributed by atoms with Gasteiger partial charge in [-0.1, -0.05) is 30.8 Å². The Balaban J connectivity index is 1.25. The topological polar surface area (TPSA) is 37.4 Å². The molecule has 0 unspecified atom stereocenters. The first kappa shape index (κ1) is 20.1. The van der Waals surface area contributed by atoms with Crippen LogP contribution in [0.2, 0.25) is 0 Å². The van der Waals surface area contributed by atoms with E-state index in [-0.39, 0.29) is 0 Å². The molecule has 1 saturated carbocycles. The fraction of sp³-hybridized carbons (Fsp3) is 0.370. The molecule has 31 heavy (non-hydrogen) atoms. The van der Waals surface area contributed by atoms with Gasteiger partial charge in [0.25, 0.3) is 0 Å². The second kappa shape index (κ2) is 8.72. The molecule has 0 bridgehead atoms. The monoisotopic (exact) mass is 413 g/mol. The maximum absolute atomic E-state index is 5.26. The van der Waals surface area contributed by atoms with Crippen molar-refractivity contribution in [2.45, 2.75) is 50.7 Å². The third-order valence-electron chi connectivity index (χ3n) is 7.02. The lowest BCUT2D eigenvalue weighted by molar-refractivity contribution is 0.329. The number of ether oxygens (including phenoxy) is 1. The third-order valence-corrected chi connectivity index (χ3v) is 7.02. The van der Waals surface area contributed by atoms with Gasteiger partial charge in [0.05, 0.1) is 12.8 Å². The van der Waals surface area contributed by atoms with Crippen LogP contribution in [0.4, 0.5) is 5.69 Å². The van der Waals surface area contributed by atoms with E-state index in [4.69, 9.17) is 4.74 Å². The van der Waals surface area contributed by atoms with Crippen molar-refractivity contribution in [2.24, 2.45) is 0 Å². The van der Waals surface area contributed by atoms with E-state index in [1.165, 1.54) is 53.3 Å². The Morgan fingerprint density at radius 2 is 1.94 bits per heavy atom. The van der Waals surface area contributed by atoms with E-state index in [1.54, 1.807) is 7.11 Å². The van der Waals surface area contributed by atoms with Crippen molar-refractivity contribution < 1.29 is 4.74 Å². The summed E-state index contributed by atoms with van der Waals surface area (Å²) in [6, 6.07) is 16.3. The molecule has 2 heterocycles. The number of benzene rings is 2. The van der Waals surface area contributed by atoms with Crippen LogP contribution in [0.15, 0.2) is 55.2 Å². The smallest absolute Gasteiger partial charge is 0.118 e. The SMILES string of the molecule is C=Cc1ncc2c3c(cccc13)N(C1CCC(NCc3ccc(OC)cc3)CC1)CC2. The summed E-state index contributed by atoms with van der Waals surface area (Å²) in [7, 11) is 1.71. The zero-order chi connectivity index (χ0) is 21.2. The lowest BCUT2D eigenvalue weighted by atomic mass is 9.87. The highest BCUT2D eigenvalue weighted by Crippen LogP contribution is 2.38. The number of pyridine rings is 1. The molecule has 1 aromatic heterocycles. The summed E-state index contributed by atoms with van der Waals surface area (Å²) in [4.78, 5) is 7.29. The summed E-state index contributed by atoms with van der Waals surface area (Å²) in [6.07, 6.45) is 9.95. The van der Waals surface area contributed by atoms with Gasteiger partial charge < -0.3 is 15.0 Å². The minimum Gasteiger partial charge on any atom is -0.497 e. The minimum atomic E-state index is 0.600. The second-order valence-corrected chi connectivity index (χ2v) is 8.75. The first-order chi connectivity index (χ1) is 15.3. The summed E-state index contributed by atoms with van der Waals surface area (Å²) >= 11 is 0. The maximum atomic E-state index is 5.26. The van der Waals surface area contributed by atoms with Gasteiger partial charge >= 0.3 is 0 Å². The van der Waals surface area contributed by atoms with Crippen molar-refractivity contribution >= 4 is 22.5 Å². The average molecular weight is 414 g/mol.